The van der Waals surface area contributed by atoms with Crippen LogP contribution in [0.25, 0.3) is 5.57 Å². The standard InChI is InChI=1S/C25H33N2/c1-8-10-11-12-13-14-25(22(9-2)16-15-21(3)26(4)5)23-17-19-24(20-18-23)27(6)7/h2,10-13,15-20H,8,14H2,1,3-7H3/q+1. The van der Waals surface area contributed by atoms with Crippen molar-refractivity contribution in [2.75, 3.05) is 33.1 Å². The molecule has 0 saturated carbocycles. The molecule has 0 aromatic heterocycles. The van der Waals surface area contributed by atoms with Crippen LogP contribution in [0.3, 0.4) is 0 Å². The van der Waals surface area contributed by atoms with Gasteiger partial charge in [-0.2, -0.15) is 0 Å². The smallest absolute Gasteiger partial charge is 0.172 e. The summed E-state index contributed by atoms with van der Waals surface area (Å²) in [5, 5.41) is 0. The molecule has 0 bridgehead atoms. The first-order valence-corrected chi connectivity index (χ1v) is 9.38. The number of anilines is 1. The molecule has 1 rings (SSSR count). The lowest BCUT2D eigenvalue weighted by molar-refractivity contribution is -0.464. The Bertz CT molecular complexity index is 788. The van der Waals surface area contributed by atoms with Gasteiger partial charge < -0.3 is 4.90 Å². The van der Waals surface area contributed by atoms with Gasteiger partial charge in [-0.3, -0.25) is 0 Å². The van der Waals surface area contributed by atoms with Crippen LogP contribution in [-0.4, -0.2) is 38.5 Å². The molecule has 2 heteroatoms. The maximum Gasteiger partial charge on any atom is 0.172 e. The first-order chi connectivity index (χ1) is 12.9. The van der Waals surface area contributed by atoms with E-state index in [1.165, 1.54) is 5.69 Å². The van der Waals surface area contributed by atoms with Crippen molar-refractivity contribution >= 4 is 17.0 Å². The van der Waals surface area contributed by atoms with Gasteiger partial charge in [0, 0.05) is 38.4 Å². The quantitative estimate of drug-likeness (QED) is 0.262. The fourth-order valence-electron chi connectivity index (χ4n) is 2.41. The van der Waals surface area contributed by atoms with Gasteiger partial charge in [-0.25, -0.2) is 4.58 Å². The molecule has 0 N–H and O–H groups in total. The highest BCUT2D eigenvalue weighted by atomic mass is 15.1. The summed E-state index contributed by atoms with van der Waals surface area (Å²) in [6, 6.07) is 8.55. The van der Waals surface area contributed by atoms with E-state index in [0.717, 1.165) is 35.3 Å². The number of nitrogens with zero attached hydrogens (tertiary/aromatic N) is 2. The Labute approximate surface area is 165 Å². The monoisotopic (exact) mass is 361 g/mol. The fraction of sp³-hybridized carbons (Fsp3) is 0.320. The molecular formula is C25H33N2+. The van der Waals surface area contributed by atoms with Crippen LogP contribution in [-0.2, 0) is 0 Å². The van der Waals surface area contributed by atoms with Gasteiger partial charge >= 0.3 is 0 Å². The average Bonchev–Trinajstić information content (AvgIpc) is 2.66. The van der Waals surface area contributed by atoms with Gasteiger partial charge in [-0.1, -0.05) is 49.3 Å². The molecule has 2 nitrogen and oxygen atoms in total. The predicted octanol–water partition coefficient (Wildman–Crippen LogP) is 5.34. The molecule has 1 aromatic rings. The molecule has 0 radical (unpaired) electrons. The lowest BCUT2D eigenvalue weighted by Gasteiger charge is -2.14. The summed E-state index contributed by atoms with van der Waals surface area (Å²) in [5.41, 5.74) is 5.56. The first kappa shape index (κ1) is 22.3. The SMILES string of the molecule is C#CC(C=CC(C)=[N+](C)C)=C(CC=CC=CCC)c1ccc(N(C)C)cc1. The lowest BCUT2D eigenvalue weighted by atomic mass is 9.96. The third-order valence-corrected chi connectivity index (χ3v) is 4.35. The zero-order valence-electron chi connectivity index (χ0n) is 17.7. The summed E-state index contributed by atoms with van der Waals surface area (Å²) >= 11 is 0. The Hall–Kier alpha value is -2.79. The average molecular weight is 362 g/mol. The van der Waals surface area contributed by atoms with E-state index in [4.69, 9.17) is 6.42 Å². The minimum absolute atomic E-state index is 0.792. The molecule has 0 heterocycles. The van der Waals surface area contributed by atoms with Gasteiger partial charge in [0.2, 0.25) is 0 Å². The molecule has 0 atom stereocenters. The van der Waals surface area contributed by atoms with E-state index in [-0.39, 0.29) is 0 Å². The molecule has 1 aromatic carbocycles. The second-order valence-electron chi connectivity index (χ2n) is 6.82. The summed E-state index contributed by atoms with van der Waals surface area (Å²) in [6.45, 7) is 4.21. The zero-order valence-corrected chi connectivity index (χ0v) is 17.7. The van der Waals surface area contributed by atoms with E-state index in [2.05, 4.69) is 83.9 Å². The highest BCUT2D eigenvalue weighted by Gasteiger charge is 2.07. The Kier molecular flexibility index (Phi) is 9.69. The van der Waals surface area contributed by atoms with Crippen molar-refractivity contribution in [2.45, 2.75) is 26.7 Å². The molecular weight excluding hydrogens is 328 g/mol. The van der Waals surface area contributed by atoms with Crippen LogP contribution in [0, 0.1) is 12.3 Å². The van der Waals surface area contributed by atoms with Crippen molar-refractivity contribution in [3.05, 3.63) is 71.9 Å². The summed E-state index contributed by atoms with van der Waals surface area (Å²) < 4.78 is 2.08. The minimum Gasteiger partial charge on any atom is -0.378 e. The highest BCUT2D eigenvalue weighted by molar-refractivity contribution is 5.90. The summed E-state index contributed by atoms with van der Waals surface area (Å²) in [6.07, 6.45) is 20.3. The number of rotatable bonds is 8. The Morgan fingerprint density at radius 3 is 2.22 bits per heavy atom. The Balaban J connectivity index is 3.33. The topological polar surface area (TPSA) is 6.25 Å². The molecule has 0 unspecified atom stereocenters. The molecule has 0 saturated heterocycles. The Morgan fingerprint density at radius 2 is 1.70 bits per heavy atom. The first-order valence-electron chi connectivity index (χ1n) is 9.38. The molecule has 142 valence electrons. The van der Waals surface area contributed by atoms with Crippen molar-refractivity contribution in [3.63, 3.8) is 0 Å². The van der Waals surface area contributed by atoms with Crippen LogP contribution >= 0.6 is 0 Å². The van der Waals surface area contributed by atoms with Crippen molar-refractivity contribution in [1.82, 2.24) is 0 Å². The molecule has 0 aliphatic heterocycles. The zero-order chi connectivity index (χ0) is 20.2. The van der Waals surface area contributed by atoms with E-state index < -0.39 is 0 Å². The van der Waals surface area contributed by atoms with Crippen LogP contribution in [0.2, 0.25) is 0 Å². The van der Waals surface area contributed by atoms with E-state index in [1.54, 1.807) is 0 Å². The minimum atomic E-state index is 0.792. The third-order valence-electron chi connectivity index (χ3n) is 4.35. The predicted molar refractivity (Wildman–Crippen MR) is 122 cm³/mol. The van der Waals surface area contributed by atoms with Crippen LogP contribution in [0.4, 0.5) is 5.69 Å². The van der Waals surface area contributed by atoms with E-state index >= 15 is 0 Å². The van der Waals surface area contributed by atoms with Crippen LogP contribution < -0.4 is 4.90 Å². The fourth-order valence-corrected chi connectivity index (χ4v) is 2.41. The number of benzene rings is 1. The van der Waals surface area contributed by atoms with Crippen molar-refractivity contribution < 1.29 is 4.58 Å². The van der Waals surface area contributed by atoms with Crippen LogP contribution in [0.5, 0.6) is 0 Å². The third kappa shape index (κ3) is 7.54. The molecule has 27 heavy (non-hydrogen) atoms. The van der Waals surface area contributed by atoms with Gasteiger partial charge in [0.1, 0.15) is 14.1 Å². The Morgan fingerprint density at radius 1 is 1.07 bits per heavy atom. The van der Waals surface area contributed by atoms with E-state index in [1.807, 2.05) is 34.3 Å². The maximum atomic E-state index is 5.88. The van der Waals surface area contributed by atoms with Crippen molar-refractivity contribution in [2.24, 2.45) is 0 Å². The van der Waals surface area contributed by atoms with Gasteiger partial charge in [0.05, 0.1) is 0 Å². The van der Waals surface area contributed by atoms with Crippen LogP contribution in [0.1, 0.15) is 32.3 Å². The summed E-state index contributed by atoms with van der Waals surface area (Å²) in [4.78, 5) is 2.10. The van der Waals surface area contributed by atoms with Crippen molar-refractivity contribution in [1.29, 1.82) is 0 Å². The maximum absolute atomic E-state index is 5.88. The van der Waals surface area contributed by atoms with Gasteiger partial charge in [-0.15, -0.1) is 6.42 Å². The molecule has 0 aliphatic carbocycles. The summed E-state index contributed by atoms with van der Waals surface area (Å²) in [7, 11) is 8.15. The lowest BCUT2D eigenvalue weighted by Crippen LogP contribution is -2.08. The second-order valence-corrected chi connectivity index (χ2v) is 6.82. The number of hydrogen-bond donors (Lipinski definition) is 0. The second kappa shape index (κ2) is 11.8. The normalized spacial score (nSPS) is 12.5. The molecule has 0 fully saturated rings. The van der Waals surface area contributed by atoms with Crippen LogP contribution in [0.15, 0.2) is 66.3 Å². The largest absolute Gasteiger partial charge is 0.378 e. The number of terminal acetylenes is 1. The van der Waals surface area contributed by atoms with E-state index in [0.29, 0.717) is 0 Å². The van der Waals surface area contributed by atoms with E-state index in [9.17, 15) is 0 Å². The number of hydrogen-bond acceptors (Lipinski definition) is 1. The molecule has 0 amide bonds. The van der Waals surface area contributed by atoms with Crippen molar-refractivity contribution in [3.8, 4) is 12.3 Å². The van der Waals surface area contributed by atoms with Gasteiger partial charge in [0.25, 0.3) is 0 Å². The number of allylic oxidation sites excluding steroid dienone is 8. The van der Waals surface area contributed by atoms with Gasteiger partial charge in [0.15, 0.2) is 5.71 Å². The van der Waals surface area contributed by atoms with Gasteiger partial charge in [-0.05, 0) is 42.2 Å². The molecule has 0 aliphatic rings. The summed E-state index contributed by atoms with van der Waals surface area (Å²) in [5.74, 6) is 2.88. The highest BCUT2D eigenvalue weighted by Crippen LogP contribution is 2.26. The molecule has 0 spiro atoms.